The SMILES string of the molecule is COc1cc(OC)cc(C(=O)NCC(=O)NCCc2cccc3cccnc23)c1. The maximum atomic E-state index is 12.3. The van der Waals surface area contributed by atoms with Gasteiger partial charge in [0.25, 0.3) is 5.91 Å². The molecule has 1 heterocycles. The van der Waals surface area contributed by atoms with E-state index in [2.05, 4.69) is 15.6 Å². The number of fused-ring (bicyclic) bond motifs is 1. The number of para-hydroxylation sites is 1. The molecule has 3 rings (SSSR count). The number of carbonyl (C=O) groups excluding carboxylic acids is 2. The summed E-state index contributed by atoms with van der Waals surface area (Å²) in [6.45, 7) is 0.337. The highest BCUT2D eigenvalue weighted by Crippen LogP contribution is 2.22. The number of nitrogens with one attached hydrogen (secondary N) is 2. The zero-order valence-corrected chi connectivity index (χ0v) is 16.4. The van der Waals surface area contributed by atoms with Gasteiger partial charge in [0.05, 0.1) is 26.3 Å². The van der Waals surface area contributed by atoms with Gasteiger partial charge in [0, 0.05) is 29.8 Å². The predicted octanol–water partition coefficient (Wildman–Crippen LogP) is 2.34. The van der Waals surface area contributed by atoms with Crippen molar-refractivity contribution in [2.45, 2.75) is 6.42 Å². The highest BCUT2D eigenvalue weighted by Gasteiger charge is 2.11. The highest BCUT2D eigenvalue weighted by atomic mass is 16.5. The predicted molar refractivity (Wildman–Crippen MR) is 110 cm³/mol. The molecule has 0 radical (unpaired) electrons. The molecular formula is C22H23N3O4. The monoisotopic (exact) mass is 393 g/mol. The number of aromatic nitrogens is 1. The fraction of sp³-hybridized carbons (Fsp3) is 0.227. The summed E-state index contributed by atoms with van der Waals surface area (Å²) >= 11 is 0. The lowest BCUT2D eigenvalue weighted by molar-refractivity contribution is -0.120. The summed E-state index contributed by atoms with van der Waals surface area (Å²) in [6, 6.07) is 14.7. The molecule has 2 amide bonds. The number of pyridine rings is 1. The Balaban J connectivity index is 1.50. The minimum atomic E-state index is -0.379. The lowest BCUT2D eigenvalue weighted by Crippen LogP contribution is -2.37. The number of nitrogens with zero attached hydrogens (tertiary/aromatic N) is 1. The second-order valence-corrected chi connectivity index (χ2v) is 6.38. The van der Waals surface area contributed by atoms with Crippen molar-refractivity contribution in [3.8, 4) is 11.5 Å². The molecule has 0 unspecified atom stereocenters. The normalized spacial score (nSPS) is 10.4. The molecule has 0 aliphatic heterocycles. The molecule has 150 valence electrons. The van der Waals surface area contributed by atoms with Gasteiger partial charge in [0.15, 0.2) is 0 Å². The molecule has 0 fully saturated rings. The molecule has 0 saturated heterocycles. The summed E-state index contributed by atoms with van der Waals surface area (Å²) in [5, 5.41) is 6.49. The topological polar surface area (TPSA) is 89.5 Å². The third-order valence-electron chi connectivity index (χ3n) is 4.46. The Kier molecular flexibility index (Phi) is 6.63. The van der Waals surface area contributed by atoms with Crippen LogP contribution in [0.3, 0.4) is 0 Å². The lowest BCUT2D eigenvalue weighted by atomic mass is 10.1. The summed E-state index contributed by atoms with van der Waals surface area (Å²) in [7, 11) is 3.02. The van der Waals surface area contributed by atoms with Crippen molar-refractivity contribution < 1.29 is 19.1 Å². The van der Waals surface area contributed by atoms with Gasteiger partial charge in [-0.25, -0.2) is 0 Å². The first kappa shape index (κ1) is 20.1. The fourth-order valence-electron chi connectivity index (χ4n) is 2.97. The Hall–Kier alpha value is -3.61. The molecule has 0 saturated carbocycles. The molecule has 0 aliphatic carbocycles. The minimum Gasteiger partial charge on any atom is -0.497 e. The third-order valence-corrected chi connectivity index (χ3v) is 4.46. The Morgan fingerprint density at radius 3 is 2.41 bits per heavy atom. The third kappa shape index (κ3) is 5.22. The number of rotatable bonds is 8. The average Bonchev–Trinajstić information content (AvgIpc) is 2.77. The second kappa shape index (κ2) is 9.54. The van der Waals surface area contributed by atoms with E-state index in [0.29, 0.717) is 30.0 Å². The number of hydrogen-bond donors (Lipinski definition) is 2. The number of methoxy groups -OCH3 is 2. The maximum absolute atomic E-state index is 12.3. The number of amides is 2. The van der Waals surface area contributed by atoms with Gasteiger partial charge in [-0.3, -0.25) is 14.6 Å². The van der Waals surface area contributed by atoms with Crippen molar-refractivity contribution in [2.75, 3.05) is 27.3 Å². The largest absolute Gasteiger partial charge is 0.497 e. The van der Waals surface area contributed by atoms with Crippen LogP contribution in [-0.4, -0.2) is 44.1 Å². The summed E-state index contributed by atoms with van der Waals surface area (Å²) in [5.41, 5.74) is 2.36. The molecule has 3 aromatic rings. The van der Waals surface area contributed by atoms with E-state index < -0.39 is 0 Å². The average molecular weight is 393 g/mol. The maximum Gasteiger partial charge on any atom is 0.251 e. The van der Waals surface area contributed by atoms with Crippen molar-refractivity contribution in [1.82, 2.24) is 15.6 Å². The van der Waals surface area contributed by atoms with Crippen LogP contribution in [0.5, 0.6) is 11.5 Å². The van der Waals surface area contributed by atoms with Crippen LogP contribution < -0.4 is 20.1 Å². The van der Waals surface area contributed by atoms with E-state index in [0.717, 1.165) is 16.5 Å². The summed E-state index contributed by atoms with van der Waals surface area (Å²) in [4.78, 5) is 28.8. The lowest BCUT2D eigenvalue weighted by Gasteiger charge is -2.10. The molecule has 1 aromatic heterocycles. The van der Waals surface area contributed by atoms with Crippen molar-refractivity contribution >= 4 is 22.7 Å². The van der Waals surface area contributed by atoms with Gasteiger partial charge >= 0.3 is 0 Å². The van der Waals surface area contributed by atoms with E-state index in [-0.39, 0.29) is 18.4 Å². The van der Waals surface area contributed by atoms with Gasteiger partial charge in [0.1, 0.15) is 11.5 Å². The highest BCUT2D eigenvalue weighted by molar-refractivity contribution is 5.97. The van der Waals surface area contributed by atoms with Crippen LogP contribution in [0, 0.1) is 0 Å². The summed E-state index contributed by atoms with van der Waals surface area (Å²) < 4.78 is 10.3. The summed E-state index contributed by atoms with van der Waals surface area (Å²) in [5.74, 6) is 0.363. The smallest absolute Gasteiger partial charge is 0.251 e. The number of benzene rings is 2. The van der Waals surface area contributed by atoms with Crippen LogP contribution in [0.15, 0.2) is 54.7 Å². The number of hydrogen-bond acceptors (Lipinski definition) is 5. The minimum absolute atomic E-state index is 0.119. The van der Waals surface area contributed by atoms with Gasteiger partial charge in [-0.2, -0.15) is 0 Å². The van der Waals surface area contributed by atoms with Crippen molar-refractivity contribution in [3.63, 3.8) is 0 Å². The number of ether oxygens (including phenoxy) is 2. The Morgan fingerprint density at radius 2 is 1.69 bits per heavy atom. The molecule has 0 spiro atoms. The van der Waals surface area contributed by atoms with Gasteiger partial charge < -0.3 is 20.1 Å². The van der Waals surface area contributed by atoms with Crippen LogP contribution in [0.2, 0.25) is 0 Å². The Bertz CT molecular complexity index is 992. The van der Waals surface area contributed by atoms with Crippen LogP contribution in [0.25, 0.3) is 10.9 Å². The van der Waals surface area contributed by atoms with Gasteiger partial charge in [-0.15, -0.1) is 0 Å². The van der Waals surface area contributed by atoms with E-state index in [4.69, 9.17) is 9.47 Å². The van der Waals surface area contributed by atoms with Crippen molar-refractivity contribution in [1.29, 1.82) is 0 Å². The van der Waals surface area contributed by atoms with Gasteiger partial charge in [-0.1, -0.05) is 24.3 Å². The van der Waals surface area contributed by atoms with Crippen LogP contribution in [-0.2, 0) is 11.2 Å². The molecule has 0 aliphatic rings. The van der Waals surface area contributed by atoms with E-state index in [1.807, 2.05) is 30.3 Å². The first-order valence-corrected chi connectivity index (χ1v) is 9.21. The van der Waals surface area contributed by atoms with Crippen LogP contribution in [0.4, 0.5) is 0 Å². The quantitative estimate of drug-likeness (QED) is 0.613. The summed E-state index contributed by atoms with van der Waals surface area (Å²) in [6.07, 6.45) is 2.41. The molecule has 2 N–H and O–H groups in total. The zero-order chi connectivity index (χ0) is 20.6. The second-order valence-electron chi connectivity index (χ2n) is 6.38. The van der Waals surface area contributed by atoms with Crippen LogP contribution in [0.1, 0.15) is 15.9 Å². The van der Waals surface area contributed by atoms with E-state index in [9.17, 15) is 9.59 Å². The Morgan fingerprint density at radius 1 is 0.966 bits per heavy atom. The van der Waals surface area contributed by atoms with Gasteiger partial charge in [-0.05, 0) is 30.2 Å². The molecule has 29 heavy (non-hydrogen) atoms. The Labute approximate surface area is 169 Å². The van der Waals surface area contributed by atoms with E-state index >= 15 is 0 Å². The standard InChI is InChI=1S/C22H23N3O4/c1-28-18-11-17(12-19(13-18)29-2)22(27)25-14-20(26)23-10-8-16-6-3-5-15-7-4-9-24-21(15)16/h3-7,9,11-13H,8,10,14H2,1-2H3,(H,23,26)(H,25,27). The first-order chi connectivity index (χ1) is 14.1. The van der Waals surface area contributed by atoms with Crippen molar-refractivity contribution in [3.05, 3.63) is 65.9 Å². The molecule has 7 heteroatoms. The first-order valence-electron chi connectivity index (χ1n) is 9.21. The molecule has 7 nitrogen and oxygen atoms in total. The zero-order valence-electron chi connectivity index (χ0n) is 16.4. The fourth-order valence-corrected chi connectivity index (χ4v) is 2.97. The molecule has 2 aromatic carbocycles. The molecule has 0 atom stereocenters. The molecule has 0 bridgehead atoms. The van der Waals surface area contributed by atoms with E-state index in [1.54, 1.807) is 24.4 Å². The van der Waals surface area contributed by atoms with E-state index in [1.165, 1.54) is 14.2 Å². The van der Waals surface area contributed by atoms with Gasteiger partial charge in [0.2, 0.25) is 5.91 Å². The van der Waals surface area contributed by atoms with Crippen LogP contribution >= 0.6 is 0 Å². The van der Waals surface area contributed by atoms with Crippen molar-refractivity contribution in [2.24, 2.45) is 0 Å². The molecular weight excluding hydrogens is 370 g/mol. The number of carbonyl (C=O) groups is 2.